The molecular weight excluding hydrogens is 601 g/mol. The van der Waals surface area contributed by atoms with Crippen molar-refractivity contribution in [2.24, 2.45) is 0 Å². The second-order valence-electron chi connectivity index (χ2n) is 12.8. The fraction of sp³-hybridized carbons (Fsp3) is 0.0233. The average Bonchev–Trinajstić information content (AvgIpc) is 3.93. The van der Waals surface area contributed by atoms with Gasteiger partial charge in [0.05, 0.1) is 5.41 Å². The molecule has 0 fully saturated rings. The standard InChI is InChI=1S/C43H26N6/c1-4-14-35-31(11-1)32-12-2-5-15-36(32)43(35)37-16-6-3-13-33(37)34-20-19-27(26-38(34)43)28-23-29(41-44-39-17-7-9-21-48(39)46-41)25-30(24-28)42-45-40-18-8-10-22-49(40)47-42/h1-26H. The van der Waals surface area contributed by atoms with Crippen LogP contribution in [-0.2, 0) is 5.41 Å². The maximum Gasteiger partial charge on any atom is 0.182 e. The number of fused-ring (bicyclic) bond motifs is 12. The van der Waals surface area contributed by atoms with Gasteiger partial charge in [0, 0.05) is 23.5 Å². The van der Waals surface area contributed by atoms with Crippen molar-refractivity contribution in [3.8, 4) is 56.2 Å². The Kier molecular flexibility index (Phi) is 5.22. The van der Waals surface area contributed by atoms with E-state index in [1.165, 1.54) is 44.5 Å². The van der Waals surface area contributed by atoms with E-state index in [4.69, 9.17) is 20.2 Å². The summed E-state index contributed by atoms with van der Waals surface area (Å²) in [5, 5.41) is 9.70. The zero-order valence-corrected chi connectivity index (χ0v) is 26.2. The Hall–Kier alpha value is -6.66. The molecule has 0 N–H and O–H groups in total. The molecule has 6 heteroatoms. The molecule has 0 amide bonds. The number of hydrogen-bond donors (Lipinski definition) is 0. The Morgan fingerprint density at radius 1 is 0.367 bits per heavy atom. The number of nitrogens with zero attached hydrogens (tertiary/aromatic N) is 6. The van der Waals surface area contributed by atoms with Crippen LogP contribution in [0.5, 0.6) is 0 Å². The Morgan fingerprint density at radius 2 is 0.816 bits per heavy atom. The lowest BCUT2D eigenvalue weighted by molar-refractivity contribution is 0.794. The van der Waals surface area contributed by atoms with Crippen LogP contribution in [-0.4, -0.2) is 29.2 Å². The van der Waals surface area contributed by atoms with Gasteiger partial charge in [0.1, 0.15) is 0 Å². The van der Waals surface area contributed by atoms with Gasteiger partial charge in [0.25, 0.3) is 0 Å². The van der Waals surface area contributed by atoms with E-state index >= 15 is 0 Å². The van der Waals surface area contributed by atoms with Gasteiger partial charge < -0.3 is 0 Å². The van der Waals surface area contributed by atoms with E-state index < -0.39 is 5.41 Å². The summed E-state index contributed by atoms with van der Waals surface area (Å²) in [4.78, 5) is 9.79. The highest BCUT2D eigenvalue weighted by atomic mass is 15.3. The molecule has 2 aliphatic carbocycles. The van der Waals surface area contributed by atoms with Crippen molar-refractivity contribution in [2.75, 3.05) is 0 Å². The first kappa shape index (κ1) is 26.4. The van der Waals surface area contributed by atoms with Gasteiger partial charge >= 0.3 is 0 Å². The monoisotopic (exact) mass is 626 g/mol. The first-order valence-electron chi connectivity index (χ1n) is 16.5. The van der Waals surface area contributed by atoms with Crippen molar-refractivity contribution in [1.82, 2.24) is 29.2 Å². The normalized spacial score (nSPS) is 13.5. The summed E-state index contributed by atoms with van der Waals surface area (Å²) in [6, 6.07) is 52.0. The molecule has 9 aromatic rings. The Labute approximate surface area is 281 Å². The van der Waals surface area contributed by atoms with Crippen molar-refractivity contribution in [3.05, 3.63) is 180 Å². The van der Waals surface area contributed by atoms with Crippen LogP contribution < -0.4 is 0 Å². The third kappa shape index (κ3) is 3.60. The predicted molar refractivity (Wildman–Crippen MR) is 192 cm³/mol. The van der Waals surface area contributed by atoms with E-state index in [-0.39, 0.29) is 0 Å². The molecule has 0 unspecified atom stereocenters. The van der Waals surface area contributed by atoms with Crippen LogP contribution in [0.1, 0.15) is 22.3 Å². The van der Waals surface area contributed by atoms with Crippen LogP contribution in [0.25, 0.3) is 67.5 Å². The molecule has 1 spiro atoms. The average molecular weight is 627 g/mol. The Bertz CT molecular complexity index is 2580. The fourth-order valence-corrected chi connectivity index (χ4v) is 8.23. The van der Waals surface area contributed by atoms with Gasteiger partial charge in [-0.15, -0.1) is 10.2 Å². The summed E-state index contributed by atoms with van der Waals surface area (Å²) in [5.41, 5.74) is 15.6. The predicted octanol–water partition coefficient (Wildman–Crippen LogP) is 9.12. The fourth-order valence-electron chi connectivity index (χ4n) is 8.23. The molecule has 228 valence electrons. The van der Waals surface area contributed by atoms with Crippen molar-refractivity contribution >= 4 is 11.3 Å². The lowest BCUT2D eigenvalue weighted by atomic mass is 9.70. The third-order valence-electron chi connectivity index (χ3n) is 10.3. The van der Waals surface area contributed by atoms with Crippen molar-refractivity contribution in [1.29, 1.82) is 0 Å². The Balaban J connectivity index is 1.17. The number of rotatable bonds is 3. The van der Waals surface area contributed by atoms with Gasteiger partial charge in [-0.2, -0.15) is 0 Å². The number of hydrogen-bond acceptors (Lipinski definition) is 4. The minimum absolute atomic E-state index is 0.415. The smallest absolute Gasteiger partial charge is 0.182 e. The first-order chi connectivity index (χ1) is 24.3. The quantitative estimate of drug-likeness (QED) is 0.196. The molecular formula is C43H26N6. The van der Waals surface area contributed by atoms with Crippen molar-refractivity contribution < 1.29 is 0 Å². The van der Waals surface area contributed by atoms with Gasteiger partial charge in [0.15, 0.2) is 22.9 Å². The van der Waals surface area contributed by atoms with Crippen LogP contribution in [0, 0.1) is 0 Å². The van der Waals surface area contributed by atoms with Crippen molar-refractivity contribution in [3.63, 3.8) is 0 Å². The lowest BCUT2D eigenvalue weighted by Gasteiger charge is -2.30. The molecule has 11 rings (SSSR count). The molecule has 4 aromatic heterocycles. The lowest BCUT2D eigenvalue weighted by Crippen LogP contribution is -2.25. The van der Waals surface area contributed by atoms with Crippen LogP contribution in [0.3, 0.4) is 0 Å². The molecule has 0 bridgehead atoms. The highest BCUT2D eigenvalue weighted by Gasteiger charge is 2.51. The molecule has 2 aliphatic rings. The molecule has 0 saturated heterocycles. The van der Waals surface area contributed by atoms with E-state index in [1.807, 2.05) is 57.8 Å². The Morgan fingerprint density at radius 3 is 1.33 bits per heavy atom. The molecule has 0 saturated carbocycles. The minimum atomic E-state index is -0.415. The summed E-state index contributed by atoms with van der Waals surface area (Å²) in [6.07, 6.45) is 3.85. The third-order valence-corrected chi connectivity index (χ3v) is 10.3. The van der Waals surface area contributed by atoms with E-state index in [9.17, 15) is 0 Å². The molecule has 0 aliphatic heterocycles. The van der Waals surface area contributed by atoms with E-state index in [2.05, 4.69) is 109 Å². The maximum absolute atomic E-state index is 4.89. The summed E-state index contributed by atoms with van der Waals surface area (Å²) in [7, 11) is 0. The second kappa shape index (κ2) is 9.69. The van der Waals surface area contributed by atoms with Gasteiger partial charge in [-0.25, -0.2) is 19.0 Å². The molecule has 4 heterocycles. The molecule has 49 heavy (non-hydrogen) atoms. The number of aromatic nitrogens is 6. The first-order valence-corrected chi connectivity index (χ1v) is 16.5. The maximum atomic E-state index is 4.89. The summed E-state index contributed by atoms with van der Waals surface area (Å²) >= 11 is 0. The van der Waals surface area contributed by atoms with Gasteiger partial charge in [0.2, 0.25) is 0 Å². The van der Waals surface area contributed by atoms with Crippen LogP contribution >= 0.6 is 0 Å². The molecule has 5 aromatic carbocycles. The van der Waals surface area contributed by atoms with Gasteiger partial charge in [-0.05, 0) is 104 Å². The minimum Gasteiger partial charge on any atom is -0.221 e. The van der Waals surface area contributed by atoms with Crippen molar-refractivity contribution in [2.45, 2.75) is 5.41 Å². The van der Waals surface area contributed by atoms with E-state index in [0.29, 0.717) is 11.6 Å². The number of benzene rings is 5. The van der Waals surface area contributed by atoms with Gasteiger partial charge in [-0.1, -0.05) is 97.1 Å². The highest BCUT2D eigenvalue weighted by Crippen LogP contribution is 2.63. The van der Waals surface area contributed by atoms with Gasteiger partial charge in [-0.3, -0.25) is 0 Å². The van der Waals surface area contributed by atoms with E-state index in [1.54, 1.807) is 0 Å². The molecule has 0 atom stereocenters. The van der Waals surface area contributed by atoms with Crippen LogP contribution in [0.15, 0.2) is 158 Å². The second-order valence-corrected chi connectivity index (χ2v) is 12.8. The largest absolute Gasteiger partial charge is 0.221 e. The summed E-state index contributed by atoms with van der Waals surface area (Å²) in [5.74, 6) is 1.31. The highest BCUT2D eigenvalue weighted by molar-refractivity contribution is 5.96. The summed E-state index contributed by atoms with van der Waals surface area (Å²) < 4.78 is 3.63. The molecule has 6 nitrogen and oxygen atoms in total. The summed E-state index contributed by atoms with van der Waals surface area (Å²) in [6.45, 7) is 0. The molecule has 0 radical (unpaired) electrons. The van der Waals surface area contributed by atoms with Crippen LogP contribution in [0.4, 0.5) is 0 Å². The number of pyridine rings is 2. The van der Waals surface area contributed by atoms with Crippen LogP contribution in [0.2, 0.25) is 0 Å². The zero-order valence-electron chi connectivity index (χ0n) is 26.2. The topological polar surface area (TPSA) is 60.4 Å². The van der Waals surface area contributed by atoms with E-state index in [0.717, 1.165) is 33.5 Å². The zero-order chi connectivity index (χ0) is 32.1. The SMILES string of the molecule is c1ccc2c(c1)-c1ccccc1C21c2ccccc2-c2ccc(-c3cc(-c4nc5ccccn5n4)cc(-c4nc5ccccn5n4)c3)cc21.